The smallest absolute Gasteiger partial charge is 0.254 e. The molecule has 1 amide bonds. The maximum atomic E-state index is 13.3. The third-order valence-electron chi connectivity index (χ3n) is 2.74. The molecule has 17 heavy (non-hydrogen) atoms. The highest BCUT2D eigenvalue weighted by molar-refractivity contribution is 5.94. The average molecular weight is 237 g/mol. The highest BCUT2D eigenvalue weighted by Crippen LogP contribution is 2.08. The van der Waals surface area contributed by atoms with Gasteiger partial charge in [-0.2, -0.15) is 0 Å². The van der Waals surface area contributed by atoms with E-state index in [1.807, 2.05) is 6.92 Å². The highest BCUT2D eigenvalue weighted by Gasteiger charge is 2.12. The lowest BCUT2D eigenvalue weighted by molar-refractivity contribution is 0.0934. The minimum Gasteiger partial charge on any atom is -0.349 e. The van der Waals surface area contributed by atoms with Gasteiger partial charge in [0, 0.05) is 6.04 Å². The summed E-state index contributed by atoms with van der Waals surface area (Å²) >= 11 is 0. The maximum absolute atomic E-state index is 13.3. The van der Waals surface area contributed by atoms with E-state index in [4.69, 9.17) is 0 Å². The second-order valence-corrected chi connectivity index (χ2v) is 4.35. The molecule has 0 aliphatic heterocycles. The van der Waals surface area contributed by atoms with Gasteiger partial charge in [0.15, 0.2) is 0 Å². The fourth-order valence-corrected chi connectivity index (χ4v) is 1.72. The molecule has 0 aliphatic rings. The number of nitrogens with one attached hydrogen (secondary N) is 1. The number of hydrogen-bond acceptors (Lipinski definition) is 1. The fraction of sp³-hybridized carbons (Fsp3) is 0.500. The van der Waals surface area contributed by atoms with E-state index in [0.717, 1.165) is 19.3 Å². The summed E-state index contributed by atoms with van der Waals surface area (Å²) in [6.45, 7) is 4.09. The number of benzene rings is 1. The van der Waals surface area contributed by atoms with E-state index in [9.17, 15) is 9.18 Å². The summed E-state index contributed by atoms with van der Waals surface area (Å²) in [4.78, 5) is 11.8. The first-order chi connectivity index (χ1) is 8.15. The van der Waals surface area contributed by atoms with Crippen LogP contribution in [0, 0.1) is 5.82 Å². The Hall–Kier alpha value is -1.38. The molecule has 0 unspecified atom stereocenters. The molecule has 0 radical (unpaired) electrons. The lowest BCUT2D eigenvalue weighted by Crippen LogP contribution is -2.33. The van der Waals surface area contributed by atoms with Crippen LogP contribution in [0.4, 0.5) is 4.39 Å². The van der Waals surface area contributed by atoms with Crippen molar-refractivity contribution in [3.05, 3.63) is 35.6 Å². The van der Waals surface area contributed by atoms with Crippen LogP contribution in [0.25, 0.3) is 0 Å². The zero-order valence-corrected chi connectivity index (χ0v) is 10.5. The molecule has 0 bridgehead atoms. The number of unbranched alkanes of at least 4 members (excludes halogenated alkanes) is 2. The number of hydrogen-bond donors (Lipinski definition) is 1. The van der Waals surface area contributed by atoms with Gasteiger partial charge in [-0.25, -0.2) is 4.39 Å². The summed E-state index contributed by atoms with van der Waals surface area (Å²) in [6, 6.07) is 6.14. The third kappa shape index (κ3) is 4.55. The molecule has 0 saturated carbocycles. The summed E-state index contributed by atoms with van der Waals surface area (Å²) in [6.07, 6.45) is 4.36. The van der Waals surface area contributed by atoms with Crippen molar-refractivity contribution in [3.63, 3.8) is 0 Å². The molecule has 0 spiro atoms. The lowest BCUT2D eigenvalue weighted by atomic mass is 10.1. The topological polar surface area (TPSA) is 29.1 Å². The standard InChI is InChI=1S/C14H20FNO/c1-3-4-5-8-11(2)16-14(17)12-9-6-7-10-13(12)15/h6-7,9-11H,3-5,8H2,1-2H3,(H,16,17)/t11-/m0/s1. The fourth-order valence-electron chi connectivity index (χ4n) is 1.72. The zero-order chi connectivity index (χ0) is 12.7. The lowest BCUT2D eigenvalue weighted by Gasteiger charge is -2.13. The number of amides is 1. The van der Waals surface area contributed by atoms with E-state index in [1.54, 1.807) is 12.1 Å². The number of rotatable bonds is 6. The van der Waals surface area contributed by atoms with Crippen molar-refractivity contribution in [2.45, 2.75) is 45.6 Å². The molecule has 1 aromatic carbocycles. The molecule has 1 rings (SSSR count). The molecule has 2 nitrogen and oxygen atoms in total. The summed E-state index contributed by atoms with van der Waals surface area (Å²) in [5.41, 5.74) is 0.120. The molecular weight excluding hydrogens is 217 g/mol. The zero-order valence-electron chi connectivity index (χ0n) is 10.5. The van der Waals surface area contributed by atoms with E-state index in [1.165, 1.54) is 18.6 Å². The Bertz CT molecular complexity index is 365. The molecule has 1 N–H and O–H groups in total. The summed E-state index contributed by atoms with van der Waals surface area (Å²) < 4.78 is 13.3. The van der Waals surface area contributed by atoms with Crippen LogP contribution >= 0.6 is 0 Å². The SMILES string of the molecule is CCCCC[C@H](C)NC(=O)c1ccccc1F. The van der Waals surface area contributed by atoms with Crippen LogP contribution in [-0.4, -0.2) is 11.9 Å². The Morgan fingerprint density at radius 3 is 2.71 bits per heavy atom. The van der Waals surface area contributed by atoms with Gasteiger partial charge in [-0.15, -0.1) is 0 Å². The molecule has 3 heteroatoms. The first kappa shape index (κ1) is 13.7. The second-order valence-electron chi connectivity index (χ2n) is 4.35. The molecule has 1 aromatic rings. The third-order valence-corrected chi connectivity index (χ3v) is 2.74. The Labute approximate surface area is 102 Å². The van der Waals surface area contributed by atoms with Crippen molar-refractivity contribution < 1.29 is 9.18 Å². The molecule has 0 saturated heterocycles. The van der Waals surface area contributed by atoms with Gasteiger partial charge in [-0.05, 0) is 25.5 Å². The monoisotopic (exact) mass is 237 g/mol. The molecule has 94 valence electrons. The van der Waals surface area contributed by atoms with Crippen molar-refractivity contribution >= 4 is 5.91 Å². The van der Waals surface area contributed by atoms with Crippen molar-refractivity contribution in [2.75, 3.05) is 0 Å². The van der Waals surface area contributed by atoms with Crippen LogP contribution in [0.2, 0.25) is 0 Å². The van der Waals surface area contributed by atoms with Gasteiger partial charge in [0.05, 0.1) is 5.56 Å². The largest absolute Gasteiger partial charge is 0.349 e. The van der Waals surface area contributed by atoms with Gasteiger partial charge in [-0.1, -0.05) is 38.3 Å². The number of halogens is 1. The normalized spacial score (nSPS) is 12.2. The summed E-state index contributed by atoms with van der Waals surface area (Å²) in [5, 5.41) is 2.82. The molecule has 0 fully saturated rings. The van der Waals surface area contributed by atoms with Gasteiger partial charge in [0.1, 0.15) is 5.82 Å². The average Bonchev–Trinajstić information content (AvgIpc) is 2.29. The predicted molar refractivity (Wildman–Crippen MR) is 67.5 cm³/mol. The summed E-state index contributed by atoms with van der Waals surface area (Å²) in [7, 11) is 0. The molecule has 0 aliphatic carbocycles. The Balaban J connectivity index is 2.46. The first-order valence-electron chi connectivity index (χ1n) is 6.20. The first-order valence-corrected chi connectivity index (χ1v) is 6.20. The van der Waals surface area contributed by atoms with Crippen molar-refractivity contribution in [1.29, 1.82) is 0 Å². The molecular formula is C14H20FNO. The van der Waals surface area contributed by atoms with Crippen molar-refractivity contribution in [3.8, 4) is 0 Å². The minimum atomic E-state index is -0.467. The Kier molecular flexibility index (Phi) is 5.67. The number of carbonyl (C=O) groups excluding carboxylic acids is 1. The van der Waals surface area contributed by atoms with Crippen molar-refractivity contribution in [1.82, 2.24) is 5.32 Å². The van der Waals surface area contributed by atoms with Crippen LogP contribution in [0.5, 0.6) is 0 Å². The van der Waals surface area contributed by atoms with Gasteiger partial charge >= 0.3 is 0 Å². The van der Waals surface area contributed by atoms with Crippen LogP contribution in [-0.2, 0) is 0 Å². The number of carbonyl (C=O) groups is 1. The second kappa shape index (κ2) is 7.05. The van der Waals surface area contributed by atoms with Gasteiger partial charge in [0.25, 0.3) is 5.91 Å². The van der Waals surface area contributed by atoms with E-state index in [2.05, 4.69) is 12.2 Å². The minimum absolute atomic E-state index is 0.0913. The van der Waals surface area contributed by atoms with Crippen LogP contribution < -0.4 is 5.32 Å². The molecule has 0 aromatic heterocycles. The summed E-state index contributed by atoms with van der Waals surface area (Å²) in [5.74, 6) is -0.794. The van der Waals surface area contributed by atoms with E-state index >= 15 is 0 Å². The highest BCUT2D eigenvalue weighted by atomic mass is 19.1. The van der Waals surface area contributed by atoms with Gasteiger partial charge < -0.3 is 5.32 Å². The van der Waals surface area contributed by atoms with Crippen LogP contribution in [0.3, 0.4) is 0 Å². The van der Waals surface area contributed by atoms with Crippen molar-refractivity contribution in [2.24, 2.45) is 0 Å². The van der Waals surface area contributed by atoms with Crippen LogP contribution in [0.1, 0.15) is 49.9 Å². The van der Waals surface area contributed by atoms with Gasteiger partial charge in [0.2, 0.25) is 0 Å². The maximum Gasteiger partial charge on any atom is 0.254 e. The van der Waals surface area contributed by atoms with E-state index in [-0.39, 0.29) is 17.5 Å². The predicted octanol–water partition coefficient (Wildman–Crippen LogP) is 3.52. The Morgan fingerprint density at radius 1 is 1.35 bits per heavy atom. The Morgan fingerprint density at radius 2 is 2.06 bits per heavy atom. The molecule has 0 heterocycles. The van der Waals surface area contributed by atoms with Gasteiger partial charge in [-0.3, -0.25) is 4.79 Å². The van der Waals surface area contributed by atoms with Crippen LogP contribution in [0.15, 0.2) is 24.3 Å². The quantitative estimate of drug-likeness (QED) is 0.753. The van der Waals surface area contributed by atoms with E-state index < -0.39 is 5.82 Å². The molecule has 1 atom stereocenters. The van der Waals surface area contributed by atoms with E-state index in [0.29, 0.717) is 0 Å².